The third-order valence-electron chi connectivity index (χ3n) is 7.45. The number of fused-ring (bicyclic) bond motifs is 2. The van der Waals surface area contributed by atoms with E-state index >= 15 is 0 Å². The Hall–Kier alpha value is -3.30. The number of ether oxygens (including phenoxy) is 1. The quantitative estimate of drug-likeness (QED) is 0.389. The highest BCUT2D eigenvalue weighted by Crippen LogP contribution is 2.33. The number of aromatic amines is 2. The average Bonchev–Trinajstić information content (AvgIpc) is 3.56. The fraction of sp³-hybridized carbons (Fsp3) is 0.407. The summed E-state index contributed by atoms with van der Waals surface area (Å²) in [5.41, 5.74) is 4.28. The smallest absolute Gasteiger partial charge is 0.159 e. The molecule has 2 aliphatic heterocycles. The second-order valence-corrected chi connectivity index (χ2v) is 9.85. The molecule has 4 heterocycles. The van der Waals surface area contributed by atoms with Crippen LogP contribution in [0.2, 0.25) is 0 Å². The van der Waals surface area contributed by atoms with E-state index in [1.807, 2.05) is 18.2 Å². The van der Waals surface area contributed by atoms with E-state index in [1.54, 1.807) is 6.92 Å². The summed E-state index contributed by atoms with van der Waals surface area (Å²) in [5.74, 6) is 0.0831. The van der Waals surface area contributed by atoms with Gasteiger partial charge >= 0.3 is 0 Å². The number of nitrogens with one attached hydrogen (secondary N) is 2. The van der Waals surface area contributed by atoms with Crippen molar-refractivity contribution in [2.24, 2.45) is 0 Å². The molecule has 1 saturated heterocycles. The van der Waals surface area contributed by atoms with Crippen LogP contribution in [-0.2, 0) is 13.1 Å². The first-order valence-corrected chi connectivity index (χ1v) is 12.6. The number of halogens is 2. The lowest BCUT2D eigenvalue weighted by molar-refractivity contribution is 0.0977. The lowest BCUT2D eigenvalue weighted by Crippen LogP contribution is -2.45. The molecule has 0 saturated carbocycles. The minimum absolute atomic E-state index is 0.437. The molecule has 188 valence electrons. The zero-order valence-electron chi connectivity index (χ0n) is 20.5. The van der Waals surface area contributed by atoms with Crippen molar-refractivity contribution in [2.75, 3.05) is 19.6 Å². The largest absolute Gasteiger partial charge is 0.486 e. The number of H-pyrrole nitrogens is 2. The van der Waals surface area contributed by atoms with Crippen LogP contribution in [0.25, 0.3) is 22.4 Å². The van der Waals surface area contributed by atoms with Gasteiger partial charge < -0.3 is 14.6 Å². The molecule has 2 N–H and O–H groups in total. The van der Waals surface area contributed by atoms with Gasteiger partial charge in [-0.3, -0.25) is 10.00 Å². The minimum atomic E-state index is -0.622. The second-order valence-electron chi connectivity index (χ2n) is 9.85. The van der Waals surface area contributed by atoms with Gasteiger partial charge in [0.2, 0.25) is 0 Å². The molecule has 7 nitrogen and oxygen atoms in total. The van der Waals surface area contributed by atoms with Crippen LogP contribution in [0.15, 0.2) is 36.4 Å². The van der Waals surface area contributed by atoms with Crippen molar-refractivity contribution in [3.05, 3.63) is 65.0 Å². The normalized spacial score (nSPS) is 19.6. The first-order valence-electron chi connectivity index (χ1n) is 12.6. The molecule has 2 aromatic heterocycles. The summed E-state index contributed by atoms with van der Waals surface area (Å²) >= 11 is 0. The lowest BCUT2D eigenvalue weighted by Gasteiger charge is -2.36. The summed E-state index contributed by atoms with van der Waals surface area (Å²) in [4.78, 5) is 13.5. The zero-order valence-corrected chi connectivity index (χ0v) is 20.5. The van der Waals surface area contributed by atoms with Gasteiger partial charge in [0.25, 0.3) is 0 Å². The predicted octanol–water partition coefficient (Wildman–Crippen LogP) is 5.17. The average molecular weight is 493 g/mol. The fourth-order valence-electron chi connectivity index (χ4n) is 5.47. The first-order chi connectivity index (χ1) is 17.5. The number of piperidine rings is 1. The maximum atomic E-state index is 13.6. The monoisotopic (exact) mass is 492 g/mol. The molecule has 0 spiro atoms. The van der Waals surface area contributed by atoms with Gasteiger partial charge in [0.1, 0.15) is 29.2 Å². The molecule has 36 heavy (non-hydrogen) atoms. The van der Waals surface area contributed by atoms with Gasteiger partial charge in [0.05, 0.1) is 16.9 Å². The van der Waals surface area contributed by atoms with Gasteiger partial charge in [-0.15, -0.1) is 0 Å². The van der Waals surface area contributed by atoms with E-state index < -0.39 is 17.7 Å². The van der Waals surface area contributed by atoms with Gasteiger partial charge in [-0.25, -0.2) is 13.8 Å². The summed E-state index contributed by atoms with van der Waals surface area (Å²) < 4.78 is 33.3. The number of hydrogen-bond acceptors (Lipinski definition) is 5. The molecule has 2 aromatic carbocycles. The number of likely N-dealkylation sites (N-methyl/N-ethyl adjacent to an activating group) is 1. The van der Waals surface area contributed by atoms with Gasteiger partial charge in [0, 0.05) is 37.1 Å². The van der Waals surface area contributed by atoms with E-state index in [9.17, 15) is 8.78 Å². The molecular weight excluding hydrogens is 462 g/mol. The zero-order chi connectivity index (χ0) is 24.8. The molecule has 1 fully saturated rings. The number of hydrogen-bond donors (Lipinski definition) is 2. The van der Waals surface area contributed by atoms with Crippen molar-refractivity contribution in [2.45, 2.75) is 51.9 Å². The predicted molar refractivity (Wildman–Crippen MR) is 133 cm³/mol. The molecule has 0 amide bonds. The van der Waals surface area contributed by atoms with Gasteiger partial charge in [-0.2, -0.15) is 5.10 Å². The van der Waals surface area contributed by atoms with Crippen LogP contribution in [0.5, 0.6) is 5.75 Å². The SMILES string of the molecule is CCN1CCCC(N2Cc3nc(-c4n[nH]c5ccc(OC(C)c6cc(F)cc(F)c6)cc45)[nH]c3C2)C1. The van der Waals surface area contributed by atoms with Crippen LogP contribution in [0.3, 0.4) is 0 Å². The Kier molecular flexibility index (Phi) is 5.97. The van der Waals surface area contributed by atoms with E-state index in [0.717, 1.165) is 66.1 Å². The third-order valence-corrected chi connectivity index (χ3v) is 7.45. The Labute approximate surface area is 208 Å². The van der Waals surface area contributed by atoms with E-state index in [1.165, 1.54) is 31.5 Å². The van der Waals surface area contributed by atoms with Crippen molar-refractivity contribution in [1.82, 2.24) is 30.0 Å². The Morgan fingerprint density at radius 3 is 2.75 bits per heavy atom. The molecule has 0 aliphatic carbocycles. The summed E-state index contributed by atoms with van der Waals surface area (Å²) in [6.45, 7) is 9.16. The van der Waals surface area contributed by atoms with E-state index in [-0.39, 0.29) is 0 Å². The van der Waals surface area contributed by atoms with E-state index in [0.29, 0.717) is 17.4 Å². The molecule has 2 aliphatic rings. The number of rotatable bonds is 6. The van der Waals surface area contributed by atoms with E-state index in [2.05, 4.69) is 31.9 Å². The van der Waals surface area contributed by atoms with Crippen LogP contribution in [0.4, 0.5) is 8.78 Å². The number of imidazole rings is 1. The summed E-state index contributed by atoms with van der Waals surface area (Å²) in [6, 6.07) is 9.61. The summed E-state index contributed by atoms with van der Waals surface area (Å²) in [6.07, 6.45) is 1.96. The molecule has 0 radical (unpaired) electrons. The number of nitrogens with zero attached hydrogens (tertiary/aromatic N) is 4. The van der Waals surface area contributed by atoms with Gasteiger partial charge in [0.15, 0.2) is 5.82 Å². The molecule has 2 atom stereocenters. The Bertz CT molecular complexity index is 1350. The van der Waals surface area contributed by atoms with Crippen LogP contribution >= 0.6 is 0 Å². The standard InChI is InChI=1S/C27H30F2N6O/c1-3-34-8-4-5-20(13-34)35-14-24-25(15-35)31-27(30-24)26-22-12-21(6-7-23(22)32-33-26)36-16(2)17-9-18(28)11-19(29)10-17/h6-7,9-12,16,20H,3-5,8,13-15H2,1-2H3,(H,30,31)(H,32,33). The van der Waals surface area contributed by atoms with Gasteiger partial charge in [-0.1, -0.05) is 6.92 Å². The van der Waals surface area contributed by atoms with Gasteiger partial charge in [-0.05, 0) is 68.8 Å². The maximum absolute atomic E-state index is 13.6. The molecule has 2 unspecified atom stereocenters. The third kappa shape index (κ3) is 4.37. The van der Waals surface area contributed by atoms with Crippen LogP contribution in [-0.4, -0.2) is 55.6 Å². The molecule has 6 rings (SSSR count). The van der Waals surface area contributed by atoms with Crippen molar-refractivity contribution in [3.63, 3.8) is 0 Å². The summed E-state index contributed by atoms with van der Waals surface area (Å²) in [7, 11) is 0. The molecule has 4 aromatic rings. The Balaban J connectivity index is 1.21. The fourth-order valence-corrected chi connectivity index (χ4v) is 5.47. The lowest BCUT2D eigenvalue weighted by atomic mass is 10.0. The van der Waals surface area contributed by atoms with Crippen molar-refractivity contribution < 1.29 is 13.5 Å². The number of aromatic nitrogens is 4. The highest BCUT2D eigenvalue weighted by Gasteiger charge is 2.32. The number of benzene rings is 2. The molecular formula is C27H30F2N6O. The molecule has 9 heteroatoms. The summed E-state index contributed by atoms with van der Waals surface area (Å²) in [5, 5.41) is 8.46. The number of likely N-dealkylation sites (tertiary alicyclic amines) is 1. The minimum Gasteiger partial charge on any atom is -0.486 e. The van der Waals surface area contributed by atoms with E-state index in [4.69, 9.17) is 9.72 Å². The van der Waals surface area contributed by atoms with Crippen molar-refractivity contribution in [3.8, 4) is 17.3 Å². The Morgan fingerprint density at radius 1 is 1.14 bits per heavy atom. The first kappa shape index (κ1) is 23.1. The molecule has 0 bridgehead atoms. The highest BCUT2D eigenvalue weighted by atomic mass is 19.1. The maximum Gasteiger partial charge on any atom is 0.159 e. The highest BCUT2D eigenvalue weighted by molar-refractivity contribution is 5.92. The van der Waals surface area contributed by atoms with Crippen molar-refractivity contribution in [1.29, 1.82) is 0 Å². The Morgan fingerprint density at radius 2 is 1.97 bits per heavy atom. The van der Waals surface area contributed by atoms with Crippen LogP contribution < -0.4 is 4.74 Å². The second kappa shape index (κ2) is 9.29. The van der Waals surface area contributed by atoms with Crippen LogP contribution in [0.1, 0.15) is 49.7 Å². The van der Waals surface area contributed by atoms with Crippen LogP contribution in [0, 0.1) is 11.6 Å². The topological polar surface area (TPSA) is 73.1 Å². The van der Waals surface area contributed by atoms with Crippen molar-refractivity contribution >= 4 is 10.9 Å².